The second-order valence-corrected chi connectivity index (χ2v) is 14.8. The van der Waals surface area contributed by atoms with E-state index in [4.69, 9.17) is 31.9 Å². The summed E-state index contributed by atoms with van der Waals surface area (Å²) in [4.78, 5) is 14.2. The largest absolute Gasteiger partial charge is 0.491 e. The molecule has 2 aromatic carbocycles. The molecule has 0 amide bonds. The highest BCUT2D eigenvalue weighted by Gasteiger charge is 2.40. The fourth-order valence-electron chi connectivity index (χ4n) is 6.50. The Balaban J connectivity index is 1.66. The van der Waals surface area contributed by atoms with Crippen LogP contribution in [-0.2, 0) is 27.7 Å². The Morgan fingerprint density at radius 1 is 1.23 bits per heavy atom. The summed E-state index contributed by atoms with van der Waals surface area (Å²) >= 11 is 6.39. The van der Waals surface area contributed by atoms with Crippen molar-refractivity contribution in [1.82, 2.24) is 0 Å². The Morgan fingerprint density at radius 3 is 2.61 bits per heavy atom. The molecule has 1 saturated carbocycles. The van der Waals surface area contributed by atoms with E-state index in [0.29, 0.717) is 30.5 Å². The van der Waals surface area contributed by atoms with Crippen molar-refractivity contribution >= 4 is 33.3 Å². The summed E-state index contributed by atoms with van der Waals surface area (Å²) in [5, 5.41) is 15.8. The van der Waals surface area contributed by atoms with Crippen LogP contribution in [0.1, 0.15) is 67.9 Å². The first-order valence-electron chi connectivity index (χ1n) is 15.2. The number of primary sulfonamides is 1. The molecule has 4 rings (SSSR count). The molecule has 1 aliphatic carbocycles. The van der Waals surface area contributed by atoms with E-state index in [1.54, 1.807) is 32.2 Å². The third-order valence-electron chi connectivity index (χ3n) is 9.28. The topological polar surface area (TPSA) is 145 Å². The average molecular weight is 648 g/mol. The molecule has 1 heterocycles. The number of methoxy groups -OCH3 is 1. The second-order valence-electron chi connectivity index (χ2n) is 12.7. The minimum Gasteiger partial charge on any atom is -0.491 e. The molecule has 0 spiro atoms. The van der Waals surface area contributed by atoms with E-state index in [0.717, 1.165) is 48.9 Å². The lowest BCUT2D eigenvalue weighted by Gasteiger charge is -2.45. The summed E-state index contributed by atoms with van der Waals surface area (Å²) in [6, 6.07) is 11.1. The molecule has 2 aromatic rings. The standard InChI is InChI=1S/C33H46ClN3O6S/c1-21(17-33(3,35)22(2)20-44(36,40)41)31(42-4)28-12-9-26(28)19-37-18-25-8-11-27(34)15-23(25)7-5-6-14-43-30-13-10-24(32(38)39)16-29(30)37/h8,10-11,13,15-17,22,26,28,31H,5-7,9,12,14,18-20,35H2,1-4H3,(H,38,39)(H2,36,40,41)/b21-17+/t22-,26+,28-,31+,33?/m1/s1. The average Bonchev–Trinajstić information content (AvgIpc) is 2.95. The van der Waals surface area contributed by atoms with Crippen molar-refractivity contribution in [3.63, 3.8) is 0 Å². The van der Waals surface area contributed by atoms with Gasteiger partial charge in [-0.3, -0.25) is 0 Å². The Morgan fingerprint density at radius 2 is 1.98 bits per heavy atom. The number of ether oxygens (including phenoxy) is 2. The van der Waals surface area contributed by atoms with E-state index in [9.17, 15) is 18.3 Å². The van der Waals surface area contributed by atoms with E-state index in [1.807, 2.05) is 32.1 Å². The lowest BCUT2D eigenvalue weighted by Crippen LogP contribution is -2.47. The maximum atomic E-state index is 12.0. The first-order chi connectivity index (χ1) is 20.7. The number of hydrogen-bond acceptors (Lipinski definition) is 7. The summed E-state index contributed by atoms with van der Waals surface area (Å²) in [6.07, 6.45) is 6.36. The Kier molecular flexibility index (Phi) is 11.1. The number of fused-ring (bicyclic) bond motifs is 2. The number of nitrogens with two attached hydrogens (primary N) is 2. The number of sulfonamides is 1. The van der Waals surface area contributed by atoms with Crippen LogP contribution in [0.25, 0.3) is 0 Å². The van der Waals surface area contributed by atoms with Crippen molar-refractivity contribution in [2.45, 2.75) is 71.1 Å². The normalized spacial score (nSPS) is 22.2. The molecule has 9 nitrogen and oxygen atoms in total. The minimum absolute atomic E-state index is 0.190. The number of nitrogens with zero attached hydrogens (tertiary/aromatic N) is 1. The maximum absolute atomic E-state index is 12.0. The number of hydrogen-bond donors (Lipinski definition) is 3. The molecule has 0 radical (unpaired) electrons. The number of aromatic carboxylic acids is 1. The number of carboxylic acids is 1. The van der Waals surface area contributed by atoms with Crippen LogP contribution in [0.3, 0.4) is 0 Å². The van der Waals surface area contributed by atoms with E-state index in [2.05, 4.69) is 11.0 Å². The van der Waals surface area contributed by atoms with Crippen LogP contribution in [0, 0.1) is 17.8 Å². The van der Waals surface area contributed by atoms with Crippen molar-refractivity contribution in [1.29, 1.82) is 0 Å². The smallest absolute Gasteiger partial charge is 0.335 e. The van der Waals surface area contributed by atoms with Gasteiger partial charge in [-0.15, -0.1) is 0 Å². The predicted octanol–water partition coefficient (Wildman–Crippen LogP) is 5.39. The zero-order chi connectivity index (χ0) is 32.2. The van der Waals surface area contributed by atoms with Crippen molar-refractivity contribution in [2.24, 2.45) is 28.6 Å². The van der Waals surface area contributed by atoms with Gasteiger partial charge in [0, 0.05) is 30.8 Å². The molecule has 5 atom stereocenters. The van der Waals surface area contributed by atoms with Gasteiger partial charge in [-0.1, -0.05) is 30.7 Å². The number of rotatable bonds is 10. The molecule has 5 N–H and O–H groups in total. The SMILES string of the molecule is CO[C@@H](/C(C)=C/C(C)(N)[C@H](C)CS(N)(=O)=O)[C@@H]1CC[C@H]1CN1Cc2ccc(Cl)cc2CCCCOc2ccc(C(=O)O)cc21. The Hall–Kier alpha value is -2.63. The van der Waals surface area contributed by atoms with Gasteiger partial charge >= 0.3 is 5.97 Å². The van der Waals surface area contributed by atoms with Crippen LogP contribution in [0.15, 0.2) is 48.0 Å². The van der Waals surface area contributed by atoms with Gasteiger partial charge in [0.05, 0.1) is 29.7 Å². The highest BCUT2D eigenvalue weighted by molar-refractivity contribution is 7.89. The van der Waals surface area contributed by atoms with Gasteiger partial charge < -0.3 is 25.2 Å². The molecule has 1 aliphatic heterocycles. The molecule has 1 unspecified atom stereocenters. The van der Waals surface area contributed by atoms with Crippen LogP contribution < -0.4 is 20.5 Å². The zero-order valence-corrected chi connectivity index (χ0v) is 27.7. The quantitative estimate of drug-likeness (QED) is 0.291. The van der Waals surface area contributed by atoms with E-state index < -0.39 is 27.4 Å². The van der Waals surface area contributed by atoms with Crippen molar-refractivity contribution in [3.05, 3.63) is 69.8 Å². The van der Waals surface area contributed by atoms with Gasteiger partial charge in [-0.25, -0.2) is 18.4 Å². The fourth-order valence-corrected chi connectivity index (χ4v) is 7.75. The van der Waals surface area contributed by atoms with Gasteiger partial charge in [-0.2, -0.15) is 0 Å². The van der Waals surface area contributed by atoms with E-state index in [-0.39, 0.29) is 29.3 Å². The molecule has 2 aliphatic rings. The highest BCUT2D eigenvalue weighted by Crippen LogP contribution is 2.43. The lowest BCUT2D eigenvalue weighted by atomic mass is 9.68. The zero-order valence-electron chi connectivity index (χ0n) is 26.1. The van der Waals surface area contributed by atoms with Crippen LogP contribution in [0.4, 0.5) is 5.69 Å². The van der Waals surface area contributed by atoms with Gasteiger partial charge in [0.15, 0.2) is 0 Å². The lowest BCUT2D eigenvalue weighted by molar-refractivity contribution is 0.00601. The van der Waals surface area contributed by atoms with E-state index >= 15 is 0 Å². The predicted molar refractivity (Wildman–Crippen MR) is 175 cm³/mol. The van der Waals surface area contributed by atoms with Crippen molar-refractivity contribution < 1.29 is 27.8 Å². The third-order valence-corrected chi connectivity index (χ3v) is 10.5. The molecule has 0 bridgehead atoms. The number of carboxylic acid groups (broad SMARTS) is 1. The first-order valence-corrected chi connectivity index (χ1v) is 17.3. The molecule has 0 aromatic heterocycles. The number of benzene rings is 2. The molecule has 242 valence electrons. The Labute approximate surface area is 266 Å². The third kappa shape index (κ3) is 8.54. The van der Waals surface area contributed by atoms with Crippen LogP contribution in [-0.4, -0.2) is 57.2 Å². The maximum Gasteiger partial charge on any atom is 0.335 e. The monoisotopic (exact) mass is 647 g/mol. The Bertz CT molecular complexity index is 1480. The molecule has 11 heteroatoms. The van der Waals surface area contributed by atoms with Gasteiger partial charge in [0.1, 0.15) is 5.75 Å². The van der Waals surface area contributed by atoms with Crippen molar-refractivity contribution in [3.8, 4) is 5.75 Å². The number of carbonyl (C=O) groups is 1. The van der Waals surface area contributed by atoms with Crippen LogP contribution >= 0.6 is 11.6 Å². The summed E-state index contributed by atoms with van der Waals surface area (Å²) in [6.45, 7) is 7.36. The molecular formula is C33H46ClN3O6S. The summed E-state index contributed by atoms with van der Waals surface area (Å²) in [5.41, 5.74) is 9.94. The fraction of sp³-hybridized carbons (Fsp3) is 0.545. The summed E-state index contributed by atoms with van der Waals surface area (Å²) in [7, 11) is -1.98. The van der Waals surface area contributed by atoms with Gasteiger partial charge in [0.25, 0.3) is 0 Å². The van der Waals surface area contributed by atoms with Crippen molar-refractivity contribution in [2.75, 3.05) is 30.9 Å². The molecular weight excluding hydrogens is 602 g/mol. The van der Waals surface area contributed by atoms with Crippen LogP contribution in [0.2, 0.25) is 5.02 Å². The highest BCUT2D eigenvalue weighted by atomic mass is 35.5. The minimum atomic E-state index is -3.67. The number of anilines is 1. The van der Waals surface area contributed by atoms with E-state index in [1.165, 1.54) is 5.56 Å². The number of halogens is 1. The molecule has 1 fully saturated rings. The number of aryl methyl sites for hydroxylation is 1. The molecule has 0 saturated heterocycles. The van der Waals surface area contributed by atoms with Gasteiger partial charge in [-0.05, 0) is 111 Å². The first kappa shape index (κ1) is 34.2. The van der Waals surface area contributed by atoms with Crippen LogP contribution in [0.5, 0.6) is 5.75 Å². The summed E-state index contributed by atoms with van der Waals surface area (Å²) < 4.78 is 35.7. The second kappa shape index (κ2) is 14.2. The molecule has 44 heavy (non-hydrogen) atoms. The van der Waals surface area contributed by atoms with Gasteiger partial charge in [0.2, 0.25) is 10.0 Å². The summed E-state index contributed by atoms with van der Waals surface area (Å²) in [5.74, 6) is -0.488.